The zero-order valence-corrected chi connectivity index (χ0v) is 7.86. The maximum absolute atomic E-state index is 3.66. The molecule has 1 spiro atoms. The van der Waals surface area contributed by atoms with Crippen LogP contribution in [0.2, 0.25) is 5.32 Å². The van der Waals surface area contributed by atoms with Gasteiger partial charge in [-0.25, -0.2) is 0 Å². The summed E-state index contributed by atoms with van der Waals surface area (Å²) in [5, 5.41) is 8.52. The molecule has 0 unspecified atom stereocenters. The predicted molar refractivity (Wildman–Crippen MR) is 43.4 cm³/mol. The Bertz CT molecular complexity index is 113. The van der Waals surface area contributed by atoms with Crippen molar-refractivity contribution in [2.24, 2.45) is 0 Å². The number of hydrogen-bond donors (Lipinski definition) is 2. The fourth-order valence-corrected chi connectivity index (χ4v) is 4.44. The zero-order chi connectivity index (χ0) is 6.86. The maximum atomic E-state index is 3.66. The van der Waals surface area contributed by atoms with E-state index in [1.807, 2.05) is 0 Å². The Morgan fingerprint density at radius 3 is 2.50 bits per heavy atom. The van der Waals surface area contributed by atoms with Crippen LogP contribution in [0.3, 0.4) is 0 Å². The first-order valence-corrected chi connectivity index (χ1v) is 6.08. The van der Waals surface area contributed by atoms with Gasteiger partial charge >= 0.3 is 67.8 Å². The summed E-state index contributed by atoms with van der Waals surface area (Å²) in [6.07, 6.45) is 2.74. The van der Waals surface area contributed by atoms with Crippen LogP contribution < -0.4 is 10.6 Å². The van der Waals surface area contributed by atoms with Crippen molar-refractivity contribution in [2.75, 3.05) is 19.6 Å². The van der Waals surface area contributed by atoms with Gasteiger partial charge in [0, 0.05) is 0 Å². The van der Waals surface area contributed by atoms with Crippen LogP contribution in [0.25, 0.3) is 0 Å². The molecule has 2 N–H and O–H groups in total. The summed E-state index contributed by atoms with van der Waals surface area (Å²) in [4.78, 5) is 0. The Labute approximate surface area is 68.3 Å². The molecule has 2 fully saturated rings. The van der Waals surface area contributed by atoms with Gasteiger partial charge in [-0.15, -0.1) is 0 Å². The summed E-state index contributed by atoms with van der Waals surface area (Å²) in [5.41, 5.74) is 0. The quantitative estimate of drug-likeness (QED) is 0.535. The van der Waals surface area contributed by atoms with E-state index in [1.54, 1.807) is 0 Å². The zero-order valence-electron chi connectivity index (χ0n) is 6.15. The molecule has 2 nitrogen and oxygen atoms in total. The van der Waals surface area contributed by atoms with Gasteiger partial charge in [0.2, 0.25) is 0 Å². The van der Waals surface area contributed by atoms with E-state index >= 15 is 0 Å². The molecule has 10 heavy (non-hydrogen) atoms. The molecule has 0 aromatic rings. The van der Waals surface area contributed by atoms with Gasteiger partial charge in [0.05, 0.1) is 0 Å². The molecule has 58 valence electrons. The first kappa shape index (κ1) is 7.11. The summed E-state index contributed by atoms with van der Waals surface area (Å²) in [6, 6.07) is 0. The molecule has 0 amide bonds. The van der Waals surface area contributed by atoms with Gasteiger partial charge in [-0.1, -0.05) is 0 Å². The topological polar surface area (TPSA) is 24.1 Å². The third-order valence-corrected chi connectivity index (χ3v) is 5.51. The van der Waals surface area contributed by atoms with Crippen LogP contribution in [0.4, 0.5) is 0 Å². The van der Waals surface area contributed by atoms with E-state index in [2.05, 4.69) is 10.6 Å². The standard InChI is InChI=1S/C7H14N2Se/c1-3-8-4-2-7(1)9-5-6-10-7/h8-9H,1-6H2. The van der Waals surface area contributed by atoms with Crippen molar-refractivity contribution in [1.82, 2.24) is 10.6 Å². The van der Waals surface area contributed by atoms with E-state index in [0.29, 0.717) is 4.44 Å². The molecule has 2 aliphatic heterocycles. The molecule has 0 bridgehead atoms. The normalized spacial score (nSPS) is 31.2. The van der Waals surface area contributed by atoms with Gasteiger partial charge < -0.3 is 0 Å². The van der Waals surface area contributed by atoms with Crippen LogP contribution in [0.15, 0.2) is 0 Å². The molecular weight excluding hydrogens is 191 g/mol. The van der Waals surface area contributed by atoms with E-state index in [-0.39, 0.29) is 0 Å². The Hall–Kier alpha value is 0.439. The van der Waals surface area contributed by atoms with E-state index in [1.165, 1.54) is 37.8 Å². The van der Waals surface area contributed by atoms with Gasteiger partial charge in [-0.2, -0.15) is 0 Å². The average Bonchev–Trinajstić information content (AvgIpc) is 2.39. The fourth-order valence-electron chi connectivity index (χ4n) is 1.73. The summed E-state index contributed by atoms with van der Waals surface area (Å²) < 4.78 is 0.623. The first-order chi connectivity index (χ1) is 4.91. The van der Waals surface area contributed by atoms with Crippen LogP contribution in [0.1, 0.15) is 12.8 Å². The minimum absolute atomic E-state index is 0.623. The average molecular weight is 205 g/mol. The molecule has 0 aliphatic carbocycles. The second kappa shape index (κ2) is 2.82. The fraction of sp³-hybridized carbons (Fsp3) is 1.00. The Kier molecular flexibility index (Phi) is 2.00. The van der Waals surface area contributed by atoms with E-state index in [4.69, 9.17) is 0 Å². The van der Waals surface area contributed by atoms with Gasteiger partial charge in [-0.3, -0.25) is 0 Å². The second-order valence-electron chi connectivity index (χ2n) is 3.02. The van der Waals surface area contributed by atoms with Crippen molar-refractivity contribution in [3.8, 4) is 0 Å². The first-order valence-electron chi connectivity index (χ1n) is 4.01. The Morgan fingerprint density at radius 1 is 1.10 bits per heavy atom. The predicted octanol–water partition coefficient (Wildman–Crippen LogP) is -0.208. The molecule has 0 radical (unpaired) electrons. The van der Waals surface area contributed by atoms with Crippen molar-refractivity contribution in [3.05, 3.63) is 0 Å². The van der Waals surface area contributed by atoms with Gasteiger partial charge in [-0.05, 0) is 0 Å². The third kappa shape index (κ3) is 1.24. The third-order valence-electron chi connectivity index (χ3n) is 2.34. The number of nitrogens with one attached hydrogen (secondary N) is 2. The molecule has 0 atom stereocenters. The molecule has 0 saturated carbocycles. The van der Waals surface area contributed by atoms with Crippen molar-refractivity contribution >= 4 is 15.0 Å². The van der Waals surface area contributed by atoms with Gasteiger partial charge in [0.1, 0.15) is 0 Å². The molecule has 0 aromatic carbocycles. The molecule has 2 aliphatic rings. The van der Waals surface area contributed by atoms with Crippen LogP contribution in [0, 0.1) is 0 Å². The number of rotatable bonds is 0. The molecule has 0 aromatic heterocycles. The molecule has 3 heteroatoms. The number of hydrogen-bond acceptors (Lipinski definition) is 2. The van der Waals surface area contributed by atoms with Crippen molar-refractivity contribution < 1.29 is 0 Å². The summed E-state index contributed by atoms with van der Waals surface area (Å²) in [6.45, 7) is 3.74. The van der Waals surface area contributed by atoms with E-state index in [9.17, 15) is 0 Å². The van der Waals surface area contributed by atoms with E-state index in [0.717, 1.165) is 15.0 Å². The molecule has 2 heterocycles. The summed E-state index contributed by atoms with van der Waals surface area (Å²) in [5.74, 6) is 0. The summed E-state index contributed by atoms with van der Waals surface area (Å²) >= 11 is 0.884. The number of piperidine rings is 1. The molecule has 2 saturated heterocycles. The minimum atomic E-state index is 0.623. The van der Waals surface area contributed by atoms with Crippen LogP contribution in [-0.2, 0) is 0 Å². The van der Waals surface area contributed by atoms with Gasteiger partial charge in [0.25, 0.3) is 0 Å². The second-order valence-corrected chi connectivity index (χ2v) is 6.12. The van der Waals surface area contributed by atoms with E-state index < -0.39 is 0 Å². The monoisotopic (exact) mass is 206 g/mol. The van der Waals surface area contributed by atoms with Crippen LogP contribution in [0.5, 0.6) is 0 Å². The van der Waals surface area contributed by atoms with Gasteiger partial charge in [0.15, 0.2) is 0 Å². The van der Waals surface area contributed by atoms with Crippen molar-refractivity contribution in [3.63, 3.8) is 0 Å². The Balaban J connectivity index is 1.98. The van der Waals surface area contributed by atoms with Crippen molar-refractivity contribution in [1.29, 1.82) is 0 Å². The Morgan fingerprint density at radius 2 is 1.90 bits per heavy atom. The van der Waals surface area contributed by atoms with Crippen molar-refractivity contribution in [2.45, 2.75) is 22.6 Å². The van der Waals surface area contributed by atoms with Crippen LogP contribution >= 0.6 is 0 Å². The SMILES string of the molecule is C1CC2(CCN1)NCC[Se]2. The van der Waals surface area contributed by atoms with Crippen LogP contribution in [-0.4, -0.2) is 39.0 Å². The molecule has 2 rings (SSSR count). The molecular formula is C7H14N2Se. The summed E-state index contributed by atoms with van der Waals surface area (Å²) in [7, 11) is 0.